The SMILES string of the molecule is CCOCCCNC(=O)/C=C(\C)c1cc2c(-c3cccc4ccccc34)coc2c(C)c1OCC. The third kappa shape index (κ3) is 5.25. The van der Waals surface area contributed by atoms with Crippen molar-refractivity contribution < 1.29 is 18.7 Å². The van der Waals surface area contributed by atoms with E-state index in [-0.39, 0.29) is 5.91 Å². The number of rotatable bonds is 10. The zero-order valence-corrected chi connectivity index (χ0v) is 20.9. The summed E-state index contributed by atoms with van der Waals surface area (Å²) in [5.74, 6) is 0.623. The van der Waals surface area contributed by atoms with Gasteiger partial charge >= 0.3 is 0 Å². The van der Waals surface area contributed by atoms with Crippen molar-refractivity contribution in [1.82, 2.24) is 5.32 Å². The van der Waals surface area contributed by atoms with E-state index in [1.54, 1.807) is 6.08 Å². The molecule has 0 saturated carbocycles. The number of furan rings is 1. The number of allylic oxidation sites excluding steroid dienone is 1. The lowest BCUT2D eigenvalue weighted by Crippen LogP contribution is -2.23. The second-order valence-electron chi connectivity index (χ2n) is 8.53. The van der Waals surface area contributed by atoms with E-state index in [1.807, 2.05) is 40.0 Å². The summed E-state index contributed by atoms with van der Waals surface area (Å²) in [5, 5.41) is 6.30. The largest absolute Gasteiger partial charge is 0.493 e. The van der Waals surface area contributed by atoms with Crippen molar-refractivity contribution in [2.75, 3.05) is 26.4 Å². The highest BCUT2D eigenvalue weighted by molar-refractivity contribution is 6.07. The molecular formula is C30H33NO4. The summed E-state index contributed by atoms with van der Waals surface area (Å²) in [6.45, 7) is 10.3. The molecule has 1 N–H and O–H groups in total. The first-order valence-corrected chi connectivity index (χ1v) is 12.2. The van der Waals surface area contributed by atoms with Crippen molar-refractivity contribution in [2.45, 2.75) is 34.1 Å². The third-order valence-electron chi connectivity index (χ3n) is 6.15. The molecule has 182 valence electrons. The van der Waals surface area contributed by atoms with Crippen LogP contribution in [-0.2, 0) is 9.53 Å². The molecule has 1 heterocycles. The summed E-state index contributed by atoms with van der Waals surface area (Å²) < 4.78 is 17.5. The smallest absolute Gasteiger partial charge is 0.244 e. The van der Waals surface area contributed by atoms with E-state index in [2.05, 4.69) is 47.8 Å². The van der Waals surface area contributed by atoms with Crippen molar-refractivity contribution in [3.05, 3.63) is 72.0 Å². The number of nitrogens with one attached hydrogen (secondary N) is 1. The van der Waals surface area contributed by atoms with Gasteiger partial charge in [0.2, 0.25) is 5.91 Å². The minimum Gasteiger partial charge on any atom is -0.493 e. The van der Waals surface area contributed by atoms with Gasteiger partial charge in [0.1, 0.15) is 11.3 Å². The standard InChI is InChI=1S/C30H33NO4/c1-5-33-16-10-15-31-28(32)17-20(3)25-18-26-27(19-35-30(26)21(4)29(25)34-6-2)24-14-9-12-22-11-7-8-13-23(22)24/h7-9,11-14,17-19H,5-6,10,15-16H2,1-4H3,(H,31,32)/b20-17+. The van der Waals surface area contributed by atoms with Gasteiger partial charge in [-0.25, -0.2) is 0 Å². The molecule has 3 aromatic carbocycles. The van der Waals surface area contributed by atoms with Crippen LogP contribution in [0.15, 0.2) is 65.3 Å². The number of carbonyl (C=O) groups excluding carboxylic acids is 1. The lowest BCUT2D eigenvalue weighted by Gasteiger charge is -2.15. The van der Waals surface area contributed by atoms with Crippen LogP contribution in [0.5, 0.6) is 5.75 Å². The van der Waals surface area contributed by atoms with Gasteiger partial charge in [0.25, 0.3) is 0 Å². The van der Waals surface area contributed by atoms with Crippen LogP contribution in [0.2, 0.25) is 0 Å². The van der Waals surface area contributed by atoms with Crippen molar-refractivity contribution in [2.24, 2.45) is 0 Å². The van der Waals surface area contributed by atoms with E-state index in [1.165, 1.54) is 10.8 Å². The van der Waals surface area contributed by atoms with Gasteiger partial charge in [-0.15, -0.1) is 0 Å². The van der Waals surface area contributed by atoms with E-state index in [0.717, 1.165) is 51.0 Å². The highest BCUT2D eigenvalue weighted by atomic mass is 16.5. The van der Waals surface area contributed by atoms with Crippen molar-refractivity contribution in [3.63, 3.8) is 0 Å². The highest BCUT2D eigenvalue weighted by Crippen LogP contribution is 2.42. The monoisotopic (exact) mass is 471 g/mol. The second kappa shape index (κ2) is 11.2. The Morgan fingerprint density at radius 3 is 2.63 bits per heavy atom. The van der Waals surface area contributed by atoms with Gasteiger partial charge in [0.05, 0.1) is 12.9 Å². The Hall–Kier alpha value is -3.57. The van der Waals surface area contributed by atoms with Gasteiger partial charge in [-0.05, 0) is 62.1 Å². The fraction of sp³-hybridized carbons (Fsp3) is 0.300. The molecule has 5 heteroatoms. The molecule has 35 heavy (non-hydrogen) atoms. The molecule has 1 amide bonds. The second-order valence-corrected chi connectivity index (χ2v) is 8.53. The Morgan fingerprint density at radius 1 is 1.03 bits per heavy atom. The molecule has 0 spiro atoms. The minimum absolute atomic E-state index is 0.124. The van der Waals surface area contributed by atoms with Crippen LogP contribution >= 0.6 is 0 Å². The number of fused-ring (bicyclic) bond motifs is 2. The predicted molar refractivity (Wildman–Crippen MR) is 143 cm³/mol. The van der Waals surface area contributed by atoms with Crippen LogP contribution in [0.25, 0.3) is 38.4 Å². The van der Waals surface area contributed by atoms with E-state index in [4.69, 9.17) is 13.9 Å². The normalized spacial score (nSPS) is 11.8. The number of aryl methyl sites for hydroxylation is 1. The van der Waals surface area contributed by atoms with Crippen molar-refractivity contribution in [1.29, 1.82) is 0 Å². The lowest BCUT2D eigenvalue weighted by atomic mass is 9.94. The maximum Gasteiger partial charge on any atom is 0.244 e. The molecular weight excluding hydrogens is 438 g/mol. The number of hydrogen-bond acceptors (Lipinski definition) is 4. The van der Waals surface area contributed by atoms with Crippen LogP contribution in [-0.4, -0.2) is 32.3 Å². The van der Waals surface area contributed by atoms with E-state index < -0.39 is 0 Å². The number of amides is 1. The van der Waals surface area contributed by atoms with E-state index in [0.29, 0.717) is 26.4 Å². The van der Waals surface area contributed by atoms with Crippen molar-refractivity contribution in [3.8, 4) is 16.9 Å². The Balaban J connectivity index is 1.75. The summed E-state index contributed by atoms with van der Waals surface area (Å²) in [6, 6.07) is 16.7. The quantitative estimate of drug-likeness (QED) is 0.202. The molecule has 0 saturated heterocycles. The van der Waals surface area contributed by atoms with Crippen LogP contribution in [0, 0.1) is 6.92 Å². The van der Waals surface area contributed by atoms with Gasteiger partial charge in [0, 0.05) is 47.9 Å². The van der Waals surface area contributed by atoms with Crippen LogP contribution < -0.4 is 10.1 Å². The average molecular weight is 472 g/mol. The molecule has 0 atom stereocenters. The first kappa shape index (κ1) is 24.6. The summed E-state index contributed by atoms with van der Waals surface area (Å²) in [4.78, 5) is 12.6. The summed E-state index contributed by atoms with van der Waals surface area (Å²) in [7, 11) is 0. The number of benzene rings is 3. The zero-order chi connectivity index (χ0) is 24.8. The van der Waals surface area contributed by atoms with Crippen molar-refractivity contribution >= 4 is 33.2 Å². The molecule has 0 aliphatic heterocycles. The molecule has 0 radical (unpaired) electrons. The molecule has 4 rings (SSSR count). The molecule has 0 fully saturated rings. The molecule has 1 aromatic heterocycles. The van der Waals surface area contributed by atoms with E-state index >= 15 is 0 Å². The van der Waals surface area contributed by atoms with Gasteiger partial charge in [-0.3, -0.25) is 4.79 Å². The maximum atomic E-state index is 12.6. The fourth-order valence-electron chi connectivity index (χ4n) is 4.46. The van der Waals surface area contributed by atoms with Gasteiger partial charge in [-0.1, -0.05) is 42.5 Å². The molecule has 5 nitrogen and oxygen atoms in total. The Labute approximate surface area is 206 Å². The van der Waals surface area contributed by atoms with Crippen LogP contribution in [0.1, 0.15) is 38.3 Å². The molecule has 0 aliphatic carbocycles. The molecule has 4 aromatic rings. The lowest BCUT2D eigenvalue weighted by molar-refractivity contribution is -0.116. The first-order valence-electron chi connectivity index (χ1n) is 12.2. The molecule has 0 unspecified atom stereocenters. The Bertz CT molecular complexity index is 1360. The fourth-order valence-corrected chi connectivity index (χ4v) is 4.46. The third-order valence-corrected chi connectivity index (χ3v) is 6.15. The van der Waals surface area contributed by atoms with Gasteiger partial charge in [0.15, 0.2) is 0 Å². The maximum absolute atomic E-state index is 12.6. The number of ether oxygens (including phenoxy) is 2. The van der Waals surface area contributed by atoms with Crippen LogP contribution in [0.3, 0.4) is 0 Å². The topological polar surface area (TPSA) is 60.7 Å². The molecule has 0 bridgehead atoms. The highest BCUT2D eigenvalue weighted by Gasteiger charge is 2.20. The van der Waals surface area contributed by atoms with Crippen LogP contribution in [0.4, 0.5) is 0 Å². The zero-order valence-electron chi connectivity index (χ0n) is 20.9. The molecule has 0 aliphatic rings. The van der Waals surface area contributed by atoms with Gasteiger partial charge in [-0.2, -0.15) is 0 Å². The number of carbonyl (C=O) groups is 1. The summed E-state index contributed by atoms with van der Waals surface area (Å²) in [5.41, 5.74) is 5.60. The summed E-state index contributed by atoms with van der Waals surface area (Å²) in [6.07, 6.45) is 4.25. The average Bonchev–Trinajstić information content (AvgIpc) is 3.29. The minimum atomic E-state index is -0.124. The summed E-state index contributed by atoms with van der Waals surface area (Å²) >= 11 is 0. The predicted octanol–water partition coefficient (Wildman–Crippen LogP) is 6.91. The Morgan fingerprint density at radius 2 is 1.83 bits per heavy atom. The van der Waals surface area contributed by atoms with E-state index in [9.17, 15) is 4.79 Å². The Kier molecular flexibility index (Phi) is 7.88. The van der Waals surface area contributed by atoms with Gasteiger partial charge < -0.3 is 19.2 Å². The number of hydrogen-bond donors (Lipinski definition) is 1. The first-order chi connectivity index (χ1) is 17.0.